The second-order valence-corrected chi connectivity index (χ2v) is 17.3. The van der Waals surface area contributed by atoms with Gasteiger partial charge in [0, 0.05) is 33.2 Å². The molecule has 0 aliphatic rings. The van der Waals surface area contributed by atoms with Gasteiger partial charge in [-0.15, -0.1) is 0 Å². The van der Waals surface area contributed by atoms with Crippen molar-refractivity contribution < 1.29 is 0 Å². The summed E-state index contributed by atoms with van der Waals surface area (Å²) in [5, 5.41) is 9.94. The summed E-state index contributed by atoms with van der Waals surface area (Å²) in [7, 11) is 0. The van der Waals surface area contributed by atoms with Crippen LogP contribution in [0.2, 0.25) is 0 Å². The van der Waals surface area contributed by atoms with Gasteiger partial charge in [-0.05, 0) is 108 Å². The summed E-state index contributed by atoms with van der Waals surface area (Å²) in [4.78, 5) is 10.6. The van der Waals surface area contributed by atoms with Gasteiger partial charge in [0.1, 0.15) is 0 Å². The molecule has 0 spiro atoms. The molecule has 0 amide bonds. The molecule has 0 N–H and O–H groups in total. The molecule has 0 bridgehead atoms. The smallest absolute Gasteiger partial charge is 0.160 e. The lowest BCUT2D eigenvalue weighted by molar-refractivity contribution is 1.18. The number of rotatable bonds is 7. The molecule has 2 aromatic heterocycles. The highest BCUT2D eigenvalue weighted by Crippen LogP contribution is 2.42. The molecule has 0 radical (unpaired) electrons. The van der Waals surface area contributed by atoms with Crippen LogP contribution in [-0.4, -0.2) is 14.5 Å². The summed E-state index contributed by atoms with van der Waals surface area (Å²) in [6, 6.07) is 89.4. The van der Waals surface area contributed by atoms with Crippen LogP contribution in [0, 0.1) is 0 Å². The van der Waals surface area contributed by atoms with E-state index in [1.807, 2.05) is 0 Å². The third-order valence-electron chi connectivity index (χ3n) is 13.4. The van der Waals surface area contributed by atoms with Crippen LogP contribution < -0.4 is 0 Å². The molecular formula is C64H41N3. The van der Waals surface area contributed by atoms with Crippen LogP contribution in [-0.2, 0) is 0 Å². The highest BCUT2D eigenvalue weighted by Gasteiger charge is 2.18. The molecular weight excluding hydrogens is 811 g/mol. The fourth-order valence-corrected chi connectivity index (χ4v) is 10.2. The van der Waals surface area contributed by atoms with Gasteiger partial charge in [-0.3, -0.25) is 0 Å². The standard InChI is InChI=1S/C64H41N3/c1-3-15-42(16-4-1)43-29-35-47(36-30-43)64-65-58(45-31-33-46(34-32-45)62-53-24-10-8-18-49(53)40-57-52-23-9-7-17-44(52)37-38-55(57)62)41-59(66-64)50-20-13-19-48(39-50)54-26-14-28-61-63(54)56-25-11-12-27-60(56)67(61)51-21-5-2-6-22-51/h1-41H. The predicted molar refractivity (Wildman–Crippen MR) is 282 cm³/mol. The Bertz CT molecular complexity index is 4000. The molecule has 0 saturated heterocycles. The number of fused-ring (bicyclic) bond motifs is 7. The van der Waals surface area contributed by atoms with E-state index < -0.39 is 0 Å². The Balaban J connectivity index is 0.955. The quantitative estimate of drug-likeness (QED) is 0.118. The molecule has 0 aliphatic carbocycles. The van der Waals surface area contributed by atoms with Crippen molar-refractivity contribution in [1.82, 2.24) is 14.5 Å². The third kappa shape index (κ3) is 6.67. The van der Waals surface area contributed by atoms with Crippen LogP contribution in [0.1, 0.15) is 0 Å². The van der Waals surface area contributed by atoms with E-state index in [1.165, 1.54) is 76.4 Å². The number of nitrogens with zero attached hydrogens (tertiary/aromatic N) is 3. The molecule has 0 atom stereocenters. The zero-order chi connectivity index (χ0) is 44.3. The van der Waals surface area contributed by atoms with Gasteiger partial charge in [0.25, 0.3) is 0 Å². The second-order valence-electron chi connectivity index (χ2n) is 17.3. The van der Waals surface area contributed by atoms with Crippen molar-refractivity contribution in [3.8, 4) is 73.0 Å². The van der Waals surface area contributed by atoms with Gasteiger partial charge in [0.05, 0.1) is 22.4 Å². The Morgan fingerprint density at radius 3 is 1.66 bits per heavy atom. The van der Waals surface area contributed by atoms with Crippen molar-refractivity contribution in [3.63, 3.8) is 0 Å². The van der Waals surface area contributed by atoms with Gasteiger partial charge in [-0.1, -0.05) is 206 Å². The summed E-state index contributed by atoms with van der Waals surface area (Å²) in [6.45, 7) is 0. The first kappa shape index (κ1) is 38.5. The fraction of sp³-hybridized carbons (Fsp3) is 0. The van der Waals surface area contributed by atoms with Crippen LogP contribution in [0.3, 0.4) is 0 Å². The third-order valence-corrected chi connectivity index (χ3v) is 13.4. The molecule has 3 nitrogen and oxygen atoms in total. The molecule has 0 unspecified atom stereocenters. The topological polar surface area (TPSA) is 30.7 Å². The second kappa shape index (κ2) is 16.0. The van der Waals surface area contributed by atoms with Crippen molar-refractivity contribution >= 4 is 54.1 Å². The minimum Gasteiger partial charge on any atom is -0.309 e. The molecule has 13 rings (SSSR count). The van der Waals surface area contributed by atoms with Crippen molar-refractivity contribution in [2.24, 2.45) is 0 Å². The summed E-state index contributed by atoms with van der Waals surface area (Å²) >= 11 is 0. The van der Waals surface area contributed by atoms with Gasteiger partial charge in [0.2, 0.25) is 0 Å². The van der Waals surface area contributed by atoms with Gasteiger partial charge in [-0.25, -0.2) is 9.97 Å². The first-order valence-corrected chi connectivity index (χ1v) is 22.9. The van der Waals surface area contributed by atoms with Crippen molar-refractivity contribution in [2.75, 3.05) is 0 Å². The number of hydrogen-bond donors (Lipinski definition) is 0. The van der Waals surface area contributed by atoms with E-state index in [0.29, 0.717) is 5.82 Å². The monoisotopic (exact) mass is 851 g/mol. The fourth-order valence-electron chi connectivity index (χ4n) is 10.2. The van der Waals surface area contributed by atoms with Gasteiger partial charge >= 0.3 is 0 Å². The van der Waals surface area contributed by atoms with Crippen LogP contribution >= 0.6 is 0 Å². The lowest BCUT2D eigenvalue weighted by Crippen LogP contribution is -1.96. The highest BCUT2D eigenvalue weighted by atomic mass is 15.0. The SMILES string of the molecule is c1ccc(-c2ccc(-c3nc(-c4ccc(-c5c6ccccc6cc6c5ccc5ccccc56)cc4)cc(-c4cccc(-c5cccc6c5c5ccccc5n6-c5ccccc5)c4)n3)cc2)cc1. The maximum atomic E-state index is 5.34. The number of benzene rings is 11. The number of para-hydroxylation sites is 2. The van der Waals surface area contributed by atoms with E-state index in [-0.39, 0.29) is 0 Å². The first-order valence-electron chi connectivity index (χ1n) is 22.9. The van der Waals surface area contributed by atoms with Crippen LogP contribution in [0.4, 0.5) is 0 Å². The molecule has 312 valence electrons. The van der Waals surface area contributed by atoms with Crippen molar-refractivity contribution in [3.05, 3.63) is 249 Å². The molecule has 67 heavy (non-hydrogen) atoms. The Labute approximate surface area is 388 Å². The summed E-state index contributed by atoms with van der Waals surface area (Å²) in [6.07, 6.45) is 0. The van der Waals surface area contributed by atoms with E-state index in [0.717, 1.165) is 44.9 Å². The largest absolute Gasteiger partial charge is 0.309 e. The Kier molecular flexibility index (Phi) is 9.17. The van der Waals surface area contributed by atoms with Crippen LogP contribution in [0.15, 0.2) is 249 Å². The highest BCUT2D eigenvalue weighted by molar-refractivity contribution is 6.20. The number of hydrogen-bond acceptors (Lipinski definition) is 2. The van der Waals surface area contributed by atoms with E-state index in [1.54, 1.807) is 0 Å². The average molecular weight is 852 g/mol. The molecule has 3 heteroatoms. The first-order chi connectivity index (χ1) is 33.2. The lowest BCUT2D eigenvalue weighted by Gasteiger charge is -2.15. The van der Waals surface area contributed by atoms with Gasteiger partial charge in [-0.2, -0.15) is 0 Å². The number of aromatic nitrogens is 3. The minimum absolute atomic E-state index is 0.682. The van der Waals surface area contributed by atoms with Gasteiger partial charge in [0.15, 0.2) is 5.82 Å². The molecule has 0 fully saturated rings. The average Bonchev–Trinajstić information content (AvgIpc) is 3.75. The van der Waals surface area contributed by atoms with E-state index in [2.05, 4.69) is 253 Å². The zero-order valence-corrected chi connectivity index (χ0v) is 36.5. The Morgan fingerprint density at radius 2 is 0.851 bits per heavy atom. The lowest BCUT2D eigenvalue weighted by atomic mass is 9.89. The van der Waals surface area contributed by atoms with Crippen LogP contribution in [0.5, 0.6) is 0 Å². The summed E-state index contributed by atoms with van der Waals surface area (Å²) in [5.41, 5.74) is 15.3. The normalized spacial score (nSPS) is 11.6. The van der Waals surface area contributed by atoms with E-state index in [9.17, 15) is 0 Å². The maximum Gasteiger partial charge on any atom is 0.160 e. The summed E-state index contributed by atoms with van der Waals surface area (Å²) in [5.74, 6) is 0.682. The minimum atomic E-state index is 0.682. The molecule has 0 aliphatic heterocycles. The van der Waals surface area contributed by atoms with Gasteiger partial charge < -0.3 is 4.57 Å². The Hall–Kier alpha value is -8.92. The molecule has 11 aromatic carbocycles. The molecule has 2 heterocycles. The van der Waals surface area contributed by atoms with E-state index in [4.69, 9.17) is 9.97 Å². The molecule has 0 saturated carbocycles. The van der Waals surface area contributed by atoms with E-state index >= 15 is 0 Å². The predicted octanol–water partition coefficient (Wildman–Crippen LogP) is 17.0. The maximum absolute atomic E-state index is 5.34. The molecule has 13 aromatic rings. The Morgan fingerprint density at radius 1 is 0.284 bits per heavy atom. The van der Waals surface area contributed by atoms with Crippen LogP contribution in [0.25, 0.3) is 127 Å². The zero-order valence-electron chi connectivity index (χ0n) is 36.5. The van der Waals surface area contributed by atoms with Crippen molar-refractivity contribution in [1.29, 1.82) is 0 Å². The van der Waals surface area contributed by atoms with Crippen molar-refractivity contribution in [2.45, 2.75) is 0 Å². The summed E-state index contributed by atoms with van der Waals surface area (Å²) < 4.78 is 2.38.